The Labute approximate surface area is 95.8 Å². The summed E-state index contributed by atoms with van der Waals surface area (Å²) >= 11 is 0. The Bertz CT molecular complexity index is 633. The number of benzene rings is 1. The first-order valence-electron chi connectivity index (χ1n) is 4.81. The largest absolute Gasteiger partial charge is 0.445 e. The van der Waals surface area contributed by atoms with Gasteiger partial charge in [-0.1, -0.05) is 0 Å². The second-order valence-corrected chi connectivity index (χ2v) is 3.45. The molecule has 1 amide bonds. The van der Waals surface area contributed by atoms with Crippen molar-refractivity contribution >= 4 is 22.7 Å². The van der Waals surface area contributed by atoms with E-state index in [1.807, 2.05) is 0 Å². The first-order valence-corrected chi connectivity index (χ1v) is 4.81. The number of fused-ring (bicyclic) bond motifs is 1. The summed E-state index contributed by atoms with van der Waals surface area (Å²) in [5, 5.41) is 0.653. The van der Waals surface area contributed by atoms with E-state index in [0.29, 0.717) is 22.2 Å². The Hall–Kier alpha value is -2.50. The number of nitrogen functional groups attached to an aromatic ring is 1. The molecule has 0 fully saturated rings. The second-order valence-electron chi connectivity index (χ2n) is 3.45. The number of nitrogens with two attached hydrogens (primary N) is 2. The third-order valence-electron chi connectivity index (χ3n) is 2.22. The van der Waals surface area contributed by atoms with Crippen LogP contribution in [0.4, 0.5) is 10.5 Å². The highest BCUT2D eigenvalue weighted by Crippen LogP contribution is 2.20. The van der Waals surface area contributed by atoms with Crippen LogP contribution < -0.4 is 17.1 Å². The maximum atomic E-state index is 11.3. The quantitative estimate of drug-likeness (QED) is 0.594. The van der Waals surface area contributed by atoms with Crippen molar-refractivity contribution in [3.8, 4) is 0 Å². The molecule has 0 aliphatic carbocycles. The molecule has 6 heteroatoms. The van der Waals surface area contributed by atoms with Gasteiger partial charge < -0.3 is 20.6 Å². The highest BCUT2D eigenvalue weighted by Gasteiger charge is 2.07. The van der Waals surface area contributed by atoms with Gasteiger partial charge in [-0.2, -0.15) is 0 Å². The zero-order chi connectivity index (χ0) is 12.4. The van der Waals surface area contributed by atoms with Crippen LogP contribution in [-0.2, 0) is 11.3 Å². The van der Waals surface area contributed by atoms with Crippen molar-refractivity contribution in [2.75, 3.05) is 5.73 Å². The third kappa shape index (κ3) is 2.36. The van der Waals surface area contributed by atoms with Crippen LogP contribution >= 0.6 is 0 Å². The van der Waals surface area contributed by atoms with Crippen LogP contribution in [0.5, 0.6) is 0 Å². The Morgan fingerprint density at radius 3 is 2.82 bits per heavy atom. The fraction of sp³-hybridized carbons (Fsp3) is 0.0909. The van der Waals surface area contributed by atoms with E-state index in [4.69, 9.17) is 15.9 Å². The van der Waals surface area contributed by atoms with Gasteiger partial charge in [0, 0.05) is 28.8 Å². The highest BCUT2D eigenvalue weighted by atomic mass is 16.5. The van der Waals surface area contributed by atoms with Gasteiger partial charge in [-0.25, -0.2) is 9.59 Å². The molecule has 0 bridgehead atoms. The summed E-state index contributed by atoms with van der Waals surface area (Å²) in [6.07, 6.45) is -0.901. The molecule has 0 saturated carbocycles. The minimum atomic E-state index is -0.901. The Kier molecular flexibility index (Phi) is 2.70. The number of anilines is 1. The van der Waals surface area contributed by atoms with E-state index in [9.17, 15) is 9.59 Å². The van der Waals surface area contributed by atoms with Crippen LogP contribution in [0.1, 0.15) is 5.56 Å². The molecule has 0 radical (unpaired) electrons. The van der Waals surface area contributed by atoms with Crippen LogP contribution in [0.25, 0.3) is 11.0 Å². The average Bonchev–Trinajstić information content (AvgIpc) is 2.24. The van der Waals surface area contributed by atoms with E-state index in [0.717, 1.165) is 0 Å². The van der Waals surface area contributed by atoms with Crippen molar-refractivity contribution in [3.05, 3.63) is 40.2 Å². The van der Waals surface area contributed by atoms with E-state index in [-0.39, 0.29) is 6.61 Å². The highest BCUT2D eigenvalue weighted by molar-refractivity contribution is 5.83. The zero-order valence-corrected chi connectivity index (χ0v) is 8.80. The van der Waals surface area contributed by atoms with Gasteiger partial charge in [-0.15, -0.1) is 0 Å². The van der Waals surface area contributed by atoms with Crippen LogP contribution in [-0.4, -0.2) is 6.09 Å². The number of hydrogen-bond acceptors (Lipinski definition) is 5. The summed E-state index contributed by atoms with van der Waals surface area (Å²) in [4.78, 5) is 21.8. The second kappa shape index (κ2) is 4.17. The van der Waals surface area contributed by atoms with E-state index in [2.05, 4.69) is 4.74 Å². The summed E-state index contributed by atoms with van der Waals surface area (Å²) in [5.41, 5.74) is 11.3. The molecule has 0 saturated heterocycles. The van der Waals surface area contributed by atoms with Gasteiger partial charge in [0.05, 0.1) is 0 Å². The average molecular weight is 234 g/mol. The Morgan fingerprint density at radius 2 is 2.12 bits per heavy atom. The fourth-order valence-corrected chi connectivity index (χ4v) is 1.51. The van der Waals surface area contributed by atoms with Crippen LogP contribution in [0.3, 0.4) is 0 Å². The predicted octanol–water partition coefficient (Wildman–Crippen LogP) is 0.971. The summed E-state index contributed by atoms with van der Waals surface area (Å²) in [5.74, 6) is 0. The molecule has 0 aliphatic rings. The molecule has 88 valence electrons. The van der Waals surface area contributed by atoms with E-state index >= 15 is 0 Å². The molecule has 0 spiro atoms. The van der Waals surface area contributed by atoms with Gasteiger partial charge >= 0.3 is 11.7 Å². The number of ether oxygens (including phenoxy) is 1. The monoisotopic (exact) mass is 234 g/mol. The lowest BCUT2D eigenvalue weighted by atomic mass is 10.1. The standard InChI is InChI=1S/C11H10N2O4/c12-7-1-2-8-6(5-16-11(13)15)3-10(14)17-9(8)4-7/h1-4H,5,12H2,(H2,13,15). The number of primary amides is 1. The topological polar surface area (TPSA) is 109 Å². The fourth-order valence-electron chi connectivity index (χ4n) is 1.51. The molecular formula is C11H10N2O4. The first-order chi connectivity index (χ1) is 8.06. The molecule has 1 aromatic carbocycles. The zero-order valence-electron chi connectivity index (χ0n) is 8.80. The third-order valence-corrected chi connectivity index (χ3v) is 2.22. The molecule has 6 nitrogen and oxygen atoms in total. The summed E-state index contributed by atoms with van der Waals surface area (Å²) in [7, 11) is 0. The summed E-state index contributed by atoms with van der Waals surface area (Å²) in [6, 6.07) is 6.13. The maximum absolute atomic E-state index is 11.3. The summed E-state index contributed by atoms with van der Waals surface area (Å²) < 4.78 is 9.63. The SMILES string of the molecule is NC(=O)OCc1cc(=O)oc2cc(N)ccc12. The van der Waals surface area contributed by atoms with Gasteiger partial charge in [0.2, 0.25) is 0 Å². The normalized spacial score (nSPS) is 10.4. The van der Waals surface area contributed by atoms with Crippen molar-refractivity contribution in [2.24, 2.45) is 5.73 Å². The van der Waals surface area contributed by atoms with Crippen LogP contribution in [0.15, 0.2) is 33.5 Å². The minimum absolute atomic E-state index is 0.0820. The lowest BCUT2D eigenvalue weighted by Crippen LogP contribution is -2.13. The van der Waals surface area contributed by atoms with Gasteiger partial charge in [-0.3, -0.25) is 0 Å². The first kappa shape index (κ1) is 11.0. The van der Waals surface area contributed by atoms with Crippen molar-refractivity contribution < 1.29 is 13.9 Å². The Balaban J connectivity index is 2.53. The number of rotatable bonds is 2. The minimum Gasteiger partial charge on any atom is -0.445 e. The molecule has 2 aromatic rings. The molecule has 0 unspecified atom stereocenters. The number of hydrogen-bond donors (Lipinski definition) is 2. The lowest BCUT2D eigenvalue weighted by molar-refractivity contribution is 0.150. The van der Waals surface area contributed by atoms with Gasteiger partial charge in [0.15, 0.2) is 0 Å². The molecule has 1 heterocycles. The number of carbonyl (C=O) groups is 1. The van der Waals surface area contributed by atoms with E-state index in [1.165, 1.54) is 12.1 Å². The van der Waals surface area contributed by atoms with Gasteiger partial charge in [0.1, 0.15) is 12.2 Å². The van der Waals surface area contributed by atoms with Crippen molar-refractivity contribution in [1.29, 1.82) is 0 Å². The predicted molar refractivity (Wildman–Crippen MR) is 61.3 cm³/mol. The van der Waals surface area contributed by atoms with Crippen LogP contribution in [0.2, 0.25) is 0 Å². The van der Waals surface area contributed by atoms with E-state index < -0.39 is 11.7 Å². The van der Waals surface area contributed by atoms with Crippen molar-refractivity contribution in [1.82, 2.24) is 0 Å². The molecule has 1 aromatic heterocycles. The van der Waals surface area contributed by atoms with E-state index in [1.54, 1.807) is 12.1 Å². The smallest absolute Gasteiger partial charge is 0.404 e. The number of carbonyl (C=O) groups excluding carboxylic acids is 1. The van der Waals surface area contributed by atoms with Crippen molar-refractivity contribution in [3.63, 3.8) is 0 Å². The molecular weight excluding hydrogens is 224 g/mol. The Morgan fingerprint density at radius 1 is 1.35 bits per heavy atom. The summed E-state index contributed by atoms with van der Waals surface area (Å²) in [6.45, 7) is -0.0820. The lowest BCUT2D eigenvalue weighted by Gasteiger charge is -2.05. The molecule has 17 heavy (non-hydrogen) atoms. The number of amides is 1. The van der Waals surface area contributed by atoms with Crippen LogP contribution in [0, 0.1) is 0 Å². The van der Waals surface area contributed by atoms with Crippen molar-refractivity contribution in [2.45, 2.75) is 6.61 Å². The molecule has 0 aliphatic heterocycles. The molecule has 4 N–H and O–H groups in total. The van der Waals surface area contributed by atoms with Gasteiger partial charge in [-0.05, 0) is 12.1 Å². The maximum Gasteiger partial charge on any atom is 0.404 e. The molecule has 2 rings (SSSR count). The van der Waals surface area contributed by atoms with Gasteiger partial charge in [0.25, 0.3) is 0 Å². The molecule has 0 atom stereocenters.